The van der Waals surface area contributed by atoms with Gasteiger partial charge in [-0.3, -0.25) is 0 Å². The van der Waals surface area contributed by atoms with Crippen LogP contribution in [0, 0.1) is 0 Å². The van der Waals surface area contributed by atoms with E-state index in [-0.39, 0.29) is 12.2 Å². The fraction of sp³-hybridized carbons (Fsp3) is 0.0588. The SMILES string of the molecule is O=C(Oc1ccccc1)c1cc2cc(CO)ccc2oc1=O. The smallest absolute Gasteiger partial charge is 0.351 e. The molecule has 22 heavy (non-hydrogen) atoms. The molecule has 0 aliphatic rings. The number of rotatable bonds is 3. The summed E-state index contributed by atoms with van der Waals surface area (Å²) < 4.78 is 10.3. The van der Waals surface area contributed by atoms with Gasteiger partial charge in [-0.05, 0) is 35.9 Å². The molecule has 0 unspecified atom stereocenters. The fourth-order valence-electron chi connectivity index (χ4n) is 2.06. The average Bonchev–Trinajstić information content (AvgIpc) is 2.54. The maximum Gasteiger partial charge on any atom is 0.351 e. The highest BCUT2D eigenvalue weighted by molar-refractivity contribution is 5.94. The molecule has 2 aromatic carbocycles. The summed E-state index contributed by atoms with van der Waals surface area (Å²) >= 11 is 0. The summed E-state index contributed by atoms with van der Waals surface area (Å²) in [7, 11) is 0. The number of ether oxygens (including phenoxy) is 1. The second kappa shape index (κ2) is 5.83. The third-order valence-electron chi connectivity index (χ3n) is 3.15. The molecule has 0 amide bonds. The maximum absolute atomic E-state index is 12.1. The van der Waals surface area contributed by atoms with Crippen molar-refractivity contribution in [1.82, 2.24) is 0 Å². The van der Waals surface area contributed by atoms with Crippen LogP contribution in [0.5, 0.6) is 5.75 Å². The van der Waals surface area contributed by atoms with Crippen molar-refractivity contribution in [1.29, 1.82) is 0 Å². The number of esters is 1. The predicted octanol–water partition coefficient (Wildman–Crippen LogP) is 2.50. The molecule has 110 valence electrons. The summed E-state index contributed by atoms with van der Waals surface area (Å²) in [5, 5.41) is 9.69. The molecule has 0 saturated carbocycles. The van der Waals surface area contributed by atoms with Gasteiger partial charge >= 0.3 is 11.6 Å². The lowest BCUT2D eigenvalue weighted by Gasteiger charge is -2.05. The highest BCUT2D eigenvalue weighted by atomic mass is 16.5. The van der Waals surface area contributed by atoms with Crippen molar-refractivity contribution >= 4 is 16.9 Å². The quantitative estimate of drug-likeness (QED) is 0.456. The molecular weight excluding hydrogens is 284 g/mol. The van der Waals surface area contributed by atoms with Gasteiger partial charge in [0.15, 0.2) is 0 Å². The zero-order valence-corrected chi connectivity index (χ0v) is 11.5. The lowest BCUT2D eigenvalue weighted by molar-refractivity contribution is 0.0730. The molecule has 0 bridgehead atoms. The molecule has 1 heterocycles. The van der Waals surface area contributed by atoms with Gasteiger partial charge in [0.1, 0.15) is 16.9 Å². The number of benzene rings is 2. The molecule has 0 aliphatic carbocycles. The van der Waals surface area contributed by atoms with Gasteiger partial charge < -0.3 is 14.3 Å². The summed E-state index contributed by atoms with van der Waals surface area (Å²) in [6.07, 6.45) is 0. The minimum Gasteiger partial charge on any atom is -0.423 e. The number of para-hydroxylation sites is 1. The van der Waals surface area contributed by atoms with Crippen molar-refractivity contribution in [3.8, 4) is 5.75 Å². The van der Waals surface area contributed by atoms with Gasteiger partial charge in [-0.2, -0.15) is 0 Å². The van der Waals surface area contributed by atoms with E-state index in [1.165, 1.54) is 6.07 Å². The van der Waals surface area contributed by atoms with E-state index in [0.29, 0.717) is 22.3 Å². The van der Waals surface area contributed by atoms with Gasteiger partial charge in [0.25, 0.3) is 0 Å². The van der Waals surface area contributed by atoms with E-state index in [0.717, 1.165) is 0 Å². The zero-order chi connectivity index (χ0) is 15.5. The third-order valence-corrected chi connectivity index (χ3v) is 3.15. The number of hydrogen-bond acceptors (Lipinski definition) is 5. The molecule has 0 spiro atoms. The number of aliphatic hydroxyl groups is 1. The summed E-state index contributed by atoms with van der Waals surface area (Å²) in [6, 6.07) is 14.7. The number of carbonyl (C=O) groups excluding carboxylic acids is 1. The van der Waals surface area contributed by atoms with Crippen LogP contribution in [0.3, 0.4) is 0 Å². The highest BCUT2D eigenvalue weighted by Crippen LogP contribution is 2.17. The van der Waals surface area contributed by atoms with Gasteiger partial charge in [-0.1, -0.05) is 24.3 Å². The Morgan fingerprint density at radius 1 is 1.09 bits per heavy atom. The standard InChI is InChI=1S/C17H12O5/c18-10-11-6-7-15-12(8-11)9-14(17(20)22-15)16(19)21-13-4-2-1-3-5-13/h1-9,18H,10H2. The van der Waals surface area contributed by atoms with E-state index in [2.05, 4.69) is 0 Å². The van der Waals surface area contributed by atoms with Crippen molar-refractivity contribution in [3.05, 3.63) is 76.1 Å². The Labute approximate surface area is 125 Å². The van der Waals surface area contributed by atoms with E-state index in [1.807, 2.05) is 0 Å². The zero-order valence-electron chi connectivity index (χ0n) is 11.5. The van der Waals surface area contributed by atoms with Crippen LogP contribution < -0.4 is 10.4 Å². The van der Waals surface area contributed by atoms with Gasteiger partial charge in [0, 0.05) is 5.39 Å². The monoisotopic (exact) mass is 296 g/mol. The Morgan fingerprint density at radius 3 is 2.59 bits per heavy atom. The van der Waals surface area contributed by atoms with E-state index in [9.17, 15) is 9.59 Å². The second-order valence-corrected chi connectivity index (χ2v) is 4.68. The van der Waals surface area contributed by atoms with Crippen molar-refractivity contribution < 1.29 is 19.1 Å². The van der Waals surface area contributed by atoms with Gasteiger partial charge in [-0.15, -0.1) is 0 Å². The number of hydrogen-bond donors (Lipinski definition) is 1. The molecule has 5 heteroatoms. The third kappa shape index (κ3) is 2.75. The van der Waals surface area contributed by atoms with E-state index < -0.39 is 11.6 Å². The summed E-state index contributed by atoms with van der Waals surface area (Å²) in [6.45, 7) is -0.140. The van der Waals surface area contributed by atoms with Crippen LogP contribution in [0.25, 0.3) is 11.0 Å². The summed E-state index contributed by atoms with van der Waals surface area (Å²) in [5.41, 5.74) is 0.0545. The Kier molecular flexibility index (Phi) is 3.72. The number of aliphatic hydroxyl groups excluding tert-OH is 1. The largest absolute Gasteiger partial charge is 0.423 e. The van der Waals surface area contributed by atoms with Crippen LogP contribution in [-0.2, 0) is 6.61 Å². The lowest BCUT2D eigenvalue weighted by Crippen LogP contribution is -2.18. The molecule has 0 aliphatic heterocycles. The highest BCUT2D eigenvalue weighted by Gasteiger charge is 2.16. The molecule has 5 nitrogen and oxygen atoms in total. The Balaban J connectivity index is 2.00. The Morgan fingerprint density at radius 2 is 1.86 bits per heavy atom. The molecule has 0 fully saturated rings. The Hall–Kier alpha value is -2.92. The molecule has 0 atom stereocenters. The van der Waals surface area contributed by atoms with Crippen LogP contribution in [0.4, 0.5) is 0 Å². The molecule has 0 saturated heterocycles. The first kappa shape index (κ1) is 14.0. The van der Waals surface area contributed by atoms with Gasteiger partial charge in [0.2, 0.25) is 0 Å². The molecular formula is C17H12O5. The fourth-order valence-corrected chi connectivity index (χ4v) is 2.06. The molecule has 3 rings (SSSR count). The van der Waals surface area contributed by atoms with Crippen LogP contribution in [0.15, 0.2) is 63.8 Å². The molecule has 0 radical (unpaired) electrons. The summed E-state index contributed by atoms with van der Waals surface area (Å²) in [5.74, 6) is -0.438. The normalized spacial score (nSPS) is 10.6. The van der Waals surface area contributed by atoms with E-state index in [1.54, 1.807) is 48.5 Å². The first-order chi connectivity index (χ1) is 10.7. The topological polar surface area (TPSA) is 76.7 Å². The second-order valence-electron chi connectivity index (χ2n) is 4.68. The van der Waals surface area contributed by atoms with Crippen LogP contribution in [-0.4, -0.2) is 11.1 Å². The molecule has 1 N–H and O–H groups in total. The molecule has 3 aromatic rings. The Bertz CT molecular complexity index is 880. The van der Waals surface area contributed by atoms with E-state index in [4.69, 9.17) is 14.3 Å². The number of fused-ring (bicyclic) bond motifs is 1. The minimum atomic E-state index is -0.781. The lowest BCUT2D eigenvalue weighted by atomic mass is 10.1. The molecule has 1 aromatic heterocycles. The van der Waals surface area contributed by atoms with Crippen LogP contribution >= 0.6 is 0 Å². The van der Waals surface area contributed by atoms with Gasteiger partial charge in [0.05, 0.1) is 6.61 Å². The first-order valence-corrected chi connectivity index (χ1v) is 6.62. The number of carbonyl (C=O) groups is 1. The maximum atomic E-state index is 12.1. The minimum absolute atomic E-state index is 0.140. The van der Waals surface area contributed by atoms with Crippen molar-refractivity contribution in [2.24, 2.45) is 0 Å². The van der Waals surface area contributed by atoms with Crippen molar-refractivity contribution in [2.45, 2.75) is 6.61 Å². The van der Waals surface area contributed by atoms with E-state index >= 15 is 0 Å². The van der Waals surface area contributed by atoms with Gasteiger partial charge in [-0.25, -0.2) is 9.59 Å². The predicted molar refractivity (Wildman–Crippen MR) is 79.8 cm³/mol. The average molecular weight is 296 g/mol. The van der Waals surface area contributed by atoms with Crippen LogP contribution in [0.1, 0.15) is 15.9 Å². The first-order valence-electron chi connectivity index (χ1n) is 6.62. The van der Waals surface area contributed by atoms with Crippen LogP contribution in [0.2, 0.25) is 0 Å². The van der Waals surface area contributed by atoms with Crippen molar-refractivity contribution in [3.63, 3.8) is 0 Å². The summed E-state index contributed by atoms with van der Waals surface area (Å²) in [4.78, 5) is 24.0. The van der Waals surface area contributed by atoms with Crippen molar-refractivity contribution in [2.75, 3.05) is 0 Å².